The molecule has 0 saturated carbocycles. The number of hydrogen-bond donors (Lipinski definition) is 1. The van der Waals surface area contributed by atoms with Crippen LogP contribution >= 0.6 is 0 Å². The van der Waals surface area contributed by atoms with Gasteiger partial charge >= 0.3 is 5.97 Å². The third-order valence-corrected chi connectivity index (χ3v) is 4.11. The maximum Gasteiger partial charge on any atom is 0.306 e. The quantitative estimate of drug-likeness (QED) is 0.806. The summed E-state index contributed by atoms with van der Waals surface area (Å²) >= 11 is 0. The molecule has 0 spiro atoms. The van der Waals surface area contributed by atoms with E-state index in [0.29, 0.717) is 6.04 Å². The molecular weight excluding hydrogens is 214 g/mol. The van der Waals surface area contributed by atoms with Crippen molar-refractivity contribution in [3.63, 3.8) is 0 Å². The predicted molar refractivity (Wildman–Crippen MR) is 66.3 cm³/mol. The first-order chi connectivity index (χ1) is 8.25. The molecule has 0 aromatic heterocycles. The van der Waals surface area contributed by atoms with Gasteiger partial charge in [-0.3, -0.25) is 4.79 Å². The average molecular weight is 231 g/mol. The Labute approximate surface area is 101 Å². The molecule has 17 heavy (non-hydrogen) atoms. The van der Waals surface area contributed by atoms with Crippen molar-refractivity contribution in [3.05, 3.63) is 29.8 Å². The lowest BCUT2D eigenvalue weighted by Crippen LogP contribution is -2.46. The van der Waals surface area contributed by atoms with Crippen molar-refractivity contribution < 1.29 is 9.90 Å². The highest BCUT2D eigenvalue weighted by Gasteiger charge is 2.34. The molecule has 1 fully saturated rings. The first kappa shape index (κ1) is 10.6. The smallest absolute Gasteiger partial charge is 0.306 e. The number of carbonyl (C=O) groups is 1. The van der Waals surface area contributed by atoms with Crippen molar-refractivity contribution in [2.24, 2.45) is 5.92 Å². The highest BCUT2D eigenvalue weighted by atomic mass is 16.4. The zero-order valence-electron chi connectivity index (χ0n) is 9.80. The predicted octanol–water partition coefficient (Wildman–Crippen LogP) is 2.30. The van der Waals surface area contributed by atoms with Gasteiger partial charge in [-0.1, -0.05) is 18.2 Å². The summed E-state index contributed by atoms with van der Waals surface area (Å²) in [6.07, 6.45) is 3.77. The number of rotatable bonds is 1. The van der Waals surface area contributed by atoms with Gasteiger partial charge in [0, 0.05) is 18.3 Å². The third-order valence-electron chi connectivity index (χ3n) is 4.11. The molecule has 1 aromatic rings. The maximum absolute atomic E-state index is 11.1. The van der Waals surface area contributed by atoms with E-state index in [2.05, 4.69) is 29.2 Å². The summed E-state index contributed by atoms with van der Waals surface area (Å²) in [6.45, 7) is 0.888. The lowest BCUT2D eigenvalue weighted by molar-refractivity contribution is -0.142. The Morgan fingerprint density at radius 1 is 1.29 bits per heavy atom. The Morgan fingerprint density at radius 2 is 2.12 bits per heavy atom. The topological polar surface area (TPSA) is 40.5 Å². The molecule has 90 valence electrons. The molecule has 1 N–H and O–H groups in total. The van der Waals surface area contributed by atoms with E-state index in [4.69, 9.17) is 5.11 Å². The van der Waals surface area contributed by atoms with E-state index < -0.39 is 5.97 Å². The lowest BCUT2D eigenvalue weighted by Gasteiger charge is -2.43. The van der Waals surface area contributed by atoms with Crippen LogP contribution in [-0.2, 0) is 11.2 Å². The molecule has 3 heteroatoms. The van der Waals surface area contributed by atoms with Gasteiger partial charge < -0.3 is 10.0 Å². The van der Waals surface area contributed by atoms with Gasteiger partial charge in [-0.15, -0.1) is 0 Å². The van der Waals surface area contributed by atoms with E-state index in [1.54, 1.807) is 0 Å². The Balaban J connectivity index is 1.85. The number of anilines is 1. The second kappa shape index (κ2) is 4.06. The molecule has 0 amide bonds. The van der Waals surface area contributed by atoms with Crippen molar-refractivity contribution in [2.75, 3.05) is 11.4 Å². The molecular formula is C14H17NO2. The Bertz CT molecular complexity index is 444. The minimum Gasteiger partial charge on any atom is -0.481 e. The summed E-state index contributed by atoms with van der Waals surface area (Å²) in [7, 11) is 0. The van der Waals surface area contributed by atoms with Crippen LogP contribution < -0.4 is 4.90 Å². The fourth-order valence-corrected chi connectivity index (χ4v) is 3.19. The highest BCUT2D eigenvalue weighted by Crippen LogP contribution is 2.36. The summed E-state index contributed by atoms with van der Waals surface area (Å²) in [6, 6.07) is 8.95. The van der Waals surface area contributed by atoms with Crippen LogP contribution in [0.25, 0.3) is 0 Å². The average Bonchev–Trinajstić information content (AvgIpc) is 2.38. The standard InChI is InChI=1S/C14H17NO2/c16-14(17)11-7-8-15-12(9-11)6-5-10-3-1-2-4-13(10)15/h1-4,11-12H,5-9H2,(H,16,17). The fourth-order valence-electron chi connectivity index (χ4n) is 3.19. The van der Waals surface area contributed by atoms with Gasteiger partial charge in [-0.25, -0.2) is 0 Å². The summed E-state index contributed by atoms with van der Waals surface area (Å²) in [5, 5.41) is 9.11. The summed E-state index contributed by atoms with van der Waals surface area (Å²) in [5.41, 5.74) is 2.74. The zero-order valence-corrected chi connectivity index (χ0v) is 9.80. The monoisotopic (exact) mass is 231 g/mol. The van der Waals surface area contributed by atoms with Gasteiger partial charge in [0.2, 0.25) is 0 Å². The third kappa shape index (κ3) is 1.79. The molecule has 1 saturated heterocycles. The fraction of sp³-hybridized carbons (Fsp3) is 0.500. The second-order valence-electron chi connectivity index (χ2n) is 5.07. The van der Waals surface area contributed by atoms with E-state index in [-0.39, 0.29) is 5.92 Å². The Hall–Kier alpha value is -1.51. The number of hydrogen-bond acceptors (Lipinski definition) is 2. The second-order valence-corrected chi connectivity index (χ2v) is 5.07. The SMILES string of the molecule is O=C(O)C1CCN2c3ccccc3CCC2C1. The first-order valence-corrected chi connectivity index (χ1v) is 6.33. The minimum atomic E-state index is -0.622. The minimum absolute atomic E-state index is 0.137. The van der Waals surface area contributed by atoms with Gasteiger partial charge in [-0.2, -0.15) is 0 Å². The van der Waals surface area contributed by atoms with Crippen molar-refractivity contribution in [2.45, 2.75) is 31.7 Å². The Morgan fingerprint density at radius 3 is 2.94 bits per heavy atom. The van der Waals surface area contributed by atoms with Crippen LogP contribution in [0.1, 0.15) is 24.8 Å². The number of aryl methyl sites for hydroxylation is 1. The van der Waals surface area contributed by atoms with Crippen molar-refractivity contribution in [3.8, 4) is 0 Å². The van der Waals surface area contributed by atoms with Gasteiger partial charge in [-0.05, 0) is 37.3 Å². The van der Waals surface area contributed by atoms with Crippen LogP contribution in [0.5, 0.6) is 0 Å². The van der Waals surface area contributed by atoms with Crippen LogP contribution in [0.2, 0.25) is 0 Å². The molecule has 3 nitrogen and oxygen atoms in total. The van der Waals surface area contributed by atoms with E-state index in [1.807, 2.05) is 0 Å². The molecule has 2 aliphatic rings. The largest absolute Gasteiger partial charge is 0.481 e. The van der Waals surface area contributed by atoms with Crippen molar-refractivity contribution in [1.29, 1.82) is 0 Å². The number of benzene rings is 1. The lowest BCUT2D eigenvalue weighted by atomic mass is 9.84. The molecule has 1 aromatic carbocycles. The van der Waals surface area contributed by atoms with Gasteiger partial charge in [0.05, 0.1) is 5.92 Å². The van der Waals surface area contributed by atoms with Crippen LogP contribution in [0.4, 0.5) is 5.69 Å². The molecule has 2 aliphatic heterocycles. The van der Waals surface area contributed by atoms with Crippen molar-refractivity contribution >= 4 is 11.7 Å². The van der Waals surface area contributed by atoms with E-state index >= 15 is 0 Å². The number of nitrogens with zero attached hydrogens (tertiary/aromatic N) is 1. The molecule has 3 rings (SSSR count). The highest BCUT2D eigenvalue weighted by molar-refractivity contribution is 5.71. The van der Waals surface area contributed by atoms with Crippen LogP contribution in [0.15, 0.2) is 24.3 Å². The summed E-state index contributed by atoms with van der Waals surface area (Å²) in [5.74, 6) is -0.759. The number of carboxylic acids is 1. The molecule has 2 atom stereocenters. The first-order valence-electron chi connectivity index (χ1n) is 6.33. The maximum atomic E-state index is 11.1. The van der Waals surface area contributed by atoms with E-state index in [0.717, 1.165) is 32.2 Å². The number of para-hydroxylation sites is 1. The van der Waals surface area contributed by atoms with Crippen molar-refractivity contribution in [1.82, 2.24) is 0 Å². The molecule has 2 unspecified atom stereocenters. The van der Waals surface area contributed by atoms with Crippen LogP contribution in [0.3, 0.4) is 0 Å². The molecule has 0 bridgehead atoms. The van der Waals surface area contributed by atoms with Crippen LogP contribution in [-0.4, -0.2) is 23.7 Å². The van der Waals surface area contributed by atoms with Crippen LogP contribution in [0, 0.1) is 5.92 Å². The summed E-state index contributed by atoms with van der Waals surface area (Å²) < 4.78 is 0. The molecule has 2 heterocycles. The Kier molecular flexibility index (Phi) is 2.54. The summed E-state index contributed by atoms with van der Waals surface area (Å²) in [4.78, 5) is 13.5. The number of fused-ring (bicyclic) bond motifs is 3. The number of piperidine rings is 1. The zero-order chi connectivity index (χ0) is 11.8. The van der Waals surface area contributed by atoms with Gasteiger partial charge in [0.15, 0.2) is 0 Å². The molecule has 0 radical (unpaired) electrons. The van der Waals surface area contributed by atoms with Gasteiger partial charge in [0.1, 0.15) is 0 Å². The normalized spacial score (nSPS) is 27.2. The van der Waals surface area contributed by atoms with E-state index in [9.17, 15) is 4.79 Å². The van der Waals surface area contributed by atoms with Gasteiger partial charge in [0.25, 0.3) is 0 Å². The number of aliphatic carboxylic acids is 1. The molecule has 0 aliphatic carbocycles. The van der Waals surface area contributed by atoms with E-state index in [1.165, 1.54) is 11.3 Å². The number of carboxylic acid groups (broad SMARTS) is 1.